The first-order valence-corrected chi connectivity index (χ1v) is 3.36. The minimum atomic E-state index is 0. The van der Waals surface area contributed by atoms with E-state index in [-0.39, 0.29) is 18.5 Å². The van der Waals surface area contributed by atoms with Crippen molar-refractivity contribution in [2.24, 2.45) is 0 Å². The first-order chi connectivity index (χ1) is 4.47. The number of aliphatic hydroxyl groups is 1. The maximum absolute atomic E-state index is 8.57. The molecule has 0 unspecified atom stereocenters. The molecule has 4 nitrogen and oxygen atoms in total. The van der Waals surface area contributed by atoms with Gasteiger partial charge in [-0.1, -0.05) is 0 Å². The second-order valence-electron chi connectivity index (χ2n) is 2.83. The Kier molecular flexibility index (Phi) is 15.3. The molecule has 4 N–H and O–H groups in total. The van der Waals surface area contributed by atoms with Crippen LogP contribution in [0.15, 0.2) is 0 Å². The van der Waals surface area contributed by atoms with Crippen LogP contribution in [0.2, 0.25) is 0 Å². The van der Waals surface area contributed by atoms with Gasteiger partial charge in [0.15, 0.2) is 0 Å². The van der Waals surface area contributed by atoms with Crippen molar-refractivity contribution in [3.8, 4) is 0 Å². The monoisotopic (exact) mass is 185 g/mol. The van der Waals surface area contributed by atoms with E-state index in [2.05, 4.69) is 32.7 Å². The highest BCUT2D eigenvalue weighted by Crippen LogP contribution is 1.84. The van der Waals surface area contributed by atoms with Crippen molar-refractivity contribution in [2.75, 3.05) is 34.3 Å². The molecule has 0 rings (SSSR count). The zero-order valence-electron chi connectivity index (χ0n) is 7.38. The fraction of sp³-hybridized carbons (Fsp3) is 0.833. The van der Waals surface area contributed by atoms with E-state index < -0.39 is 0 Å². The molecule has 0 heterocycles. The number of nitrogens with zero attached hydrogens (tertiary/aromatic N) is 1. The van der Waals surface area contributed by atoms with Crippen molar-refractivity contribution in [1.29, 1.82) is 0 Å². The van der Waals surface area contributed by atoms with Gasteiger partial charge in [0.05, 0.1) is 27.7 Å². The van der Waals surface area contributed by atoms with Gasteiger partial charge in [-0.25, -0.2) is 0 Å². The maximum atomic E-state index is 8.57. The summed E-state index contributed by atoms with van der Waals surface area (Å²) >= 11 is 4.32. The second kappa shape index (κ2) is 9.84. The van der Waals surface area contributed by atoms with Crippen LogP contribution in [0.4, 0.5) is 0 Å². The summed E-state index contributed by atoms with van der Waals surface area (Å²) in [6.07, 6.45) is 0. The van der Waals surface area contributed by atoms with E-state index in [9.17, 15) is 0 Å². The van der Waals surface area contributed by atoms with Gasteiger partial charge in [-0.3, -0.25) is 4.79 Å². The van der Waals surface area contributed by atoms with Crippen LogP contribution < -0.4 is 6.15 Å². The molecule has 0 aliphatic carbocycles. The average molecular weight is 186 g/mol. The number of hydrogen-bond acceptors (Lipinski definition) is 3. The van der Waals surface area contributed by atoms with Crippen LogP contribution in [-0.2, 0) is 4.79 Å². The summed E-state index contributed by atoms with van der Waals surface area (Å²) in [6.45, 7) is 1.11. The summed E-state index contributed by atoms with van der Waals surface area (Å²) in [5, 5.41) is 8.39. The smallest absolute Gasteiger partial charge is 0.208 e. The third kappa shape index (κ3) is 41.0. The standard InChI is InChI=1S/C5H14NO.CHClO.H3N/c1-6(2,3)4-5-7;2-1-3;/h7H,4-5H2,1-3H3;1H;1H3/q+1;;. The topological polar surface area (TPSA) is 72.3 Å². The molecule has 70 valence electrons. The summed E-state index contributed by atoms with van der Waals surface area (Å²) in [5.74, 6) is 0.222. The Morgan fingerprint density at radius 3 is 1.73 bits per heavy atom. The number of hydrogen-bond donors (Lipinski definition) is 2. The van der Waals surface area contributed by atoms with Gasteiger partial charge in [-0.2, -0.15) is 0 Å². The maximum Gasteiger partial charge on any atom is 0.208 e. The lowest BCUT2D eigenvalue weighted by molar-refractivity contribution is -0.870. The zero-order chi connectivity index (χ0) is 8.62. The fourth-order valence-electron chi connectivity index (χ4n) is 0.300. The first-order valence-electron chi connectivity index (χ1n) is 2.93. The van der Waals surface area contributed by atoms with Gasteiger partial charge in [0, 0.05) is 0 Å². The molecule has 0 saturated heterocycles. The van der Waals surface area contributed by atoms with Crippen LogP contribution in [-0.4, -0.2) is 49.6 Å². The Morgan fingerprint density at radius 1 is 1.45 bits per heavy atom. The highest BCUT2D eigenvalue weighted by molar-refractivity contribution is 6.54. The van der Waals surface area contributed by atoms with Gasteiger partial charge in [0.25, 0.3) is 0 Å². The minimum Gasteiger partial charge on any atom is -0.391 e. The molecule has 0 aromatic heterocycles. The molecule has 0 aliphatic rings. The zero-order valence-corrected chi connectivity index (χ0v) is 8.14. The quantitative estimate of drug-likeness (QED) is 0.368. The molecule has 11 heavy (non-hydrogen) atoms. The third-order valence-corrected chi connectivity index (χ3v) is 0.771. The average Bonchev–Trinajstić information content (AvgIpc) is 1.63. The Labute approximate surface area is 72.9 Å². The van der Waals surface area contributed by atoms with Crippen LogP contribution in [0.5, 0.6) is 0 Å². The summed E-state index contributed by atoms with van der Waals surface area (Å²) < 4.78 is 0.844. The Bertz CT molecular complexity index is 83.1. The Hall–Kier alpha value is -0.160. The number of quaternary nitrogens is 1. The fourth-order valence-corrected chi connectivity index (χ4v) is 0.300. The van der Waals surface area contributed by atoms with Gasteiger partial charge in [0.2, 0.25) is 5.75 Å². The van der Waals surface area contributed by atoms with Crippen molar-refractivity contribution in [2.45, 2.75) is 0 Å². The van der Waals surface area contributed by atoms with Gasteiger partial charge in [-0.15, -0.1) is 0 Å². The van der Waals surface area contributed by atoms with E-state index in [1.165, 1.54) is 0 Å². The molecule has 0 spiro atoms. The first kappa shape index (κ1) is 17.1. The van der Waals surface area contributed by atoms with E-state index in [4.69, 9.17) is 9.90 Å². The Morgan fingerprint density at radius 2 is 1.73 bits per heavy atom. The van der Waals surface area contributed by atoms with Crippen LogP contribution in [0.25, 0.3) is 0 Å². The third-order valence-electron chi connectivity index (χ3n) is 0.771. The summed E-state index contributed by atoms with van der Waals surface area (Å²) in [7, 11) is 6.16. The van der Waals surface area contributed by atoms with Crippen molar-refractivity contribution in [1.82, 2.24) is 6.15 Å². The van der Waals surface area contributed by atoms with Gasteiger partial charge >= 0.3 is 0 Å². The summed E-state index contributed by atoms with van der Waals surface area (Å²) in [4.78, 5) is 8.57. The van der Waals surface area contributed by atoms with Crippen molar-refractivity contribution in [3.63, 3.8) is 0 Å². The number of rotatable bonds is 2. The lowest BCUT2D eigenvalue weighted by atomic mass is 10.5. The number of carbonyl (C=O) groups is 1. The molecule has 0 bridgehead atoms. The molecule has 0 aromatic rings. The second-order valence-corrected chi connectivity index (χ2v) is 3.00. The molecule has 0 amide bonds. The van der Waals surface area contributed by atoms with Gasteiger partial charge in [0.1, 0.15) is 6.54 Å². The van der Waals surface area contributed by atoms with Gasteiger partial charge < -0.3 is 15.7 Å². The number of aliphatic hydroxyl groups excluding tert-OH is 1. The highest BCUT2D eigenvalue weighted by atomic mass is 35.5. The molecular formula is C6H18ClN2O2+. The van der Waals surface area contributed by atoms with E-state index in [0.29, 0.717) is 0 Å². The molecule has 0 saturated carbocycles. The van der Waals surface area contributed by atoms with Crippen LogP contribution >= 0.6 is 11.6 Å². The van der Waals surface area contributed by atoms with Crippen molar-refractivity contribution < 1.29 is 14.4 Å². The normalized spacial score (nSPS) is 8.82. The molecule has 0 aliphatic heterocycles. The number of halogens is 1. The Balaban J connectivity index is -0.000000140. The van der Waals surface area contributed by atoms with Crippen LogP contribution in [0.3, 0.4) is 0 Å². The molecule has 0 atom stereocenters. The highest BCUT2D eigenvalue weighted by Gasteiger charge is 2.02. The lowest BCUT2D eigenvalue weighted by Crippen LogP contribution is -2.36. The number of likely N-dealkylation sites (N-methyl/N-ethyl adjacent to an activating group) is 1. The molecule has 0 fully saturated rings. The SMILES string of the molecule is C[N+](C)(C)CCO.N.O=CCl. The summed E-state index contributed by atoms with van der Waals surface area (Å²) in [6, 6.07) is 0. The van der Waals surface area contributed by atoms with Gasteiger partial charge in [-0.05, 0) is 11.6 Å². The predicted octanol–water partition coefficient (Wildman–Crippen LogP) is 0.262. The van der Waals surface area contributed by atoms with E-state index in [0.717, 1.165) is 11.0 Å². The van der Waals surface area contributed by atoms with Crippen LogP contribution in [0.1, 0.15) is 0 Å². The molecule has 0 aromatic carbocycles. The largest absolute Gasteiger partial charge is 0.391 e. The molecular weight excluding hydrogens is 168 g/mol. The van der Waals surface area contributed by atoms with Crippen molar-refractivity contribution in [3.05, 3.63) is 0 Å². The number of carbonyl (C=O) groups excluding carboxylic acids is 1. The van der Waals surface area contributed by atoms with E-state index in [1.54, 1.807) is 0 Å². The lowest BCUT2D eigenvalue weighted by Gasteiger charge is -2.21. The van der Waals surface area contributed by atoms with Crippen LogP contribution in [0, 0.1) is 0 Å². The molecule has 5 heteroatoms. The van der Waals surface area contributed by atoms with Crippen molar-refractivity contribution >= 4 is 17.3 Å². The summed E-state index contributed by atoms with van der Waals surface area (Å²) in [5.41, 5.74) is 0. The van der Waals surface area contributed by atoms with E-state index in [1.807, 2.05) is 0 Å². The van der Waals surface area contributed by atoms with E-state index >= 15 is 0 Å². The predicted molar refractivity (Wildman–Crippen MR) is 47.6 cm³/mol. The minimum absolute atomic E-state index is 0. The molecule has 0 radical (unpaired) electrons.